The maximum absolute atomic E-state index is 9.84. The molecule has 20 heavy (non-hydrogen) atoms. The largest absolute Gasteiger partial charge is 0.508 e. The van der Waals surface area contributed by atoms with Crippen LogP contribution in [0.3, 0.4) is 0 Å². The summed E-state index contributed by atoms with van der Waals surface area (Å²) in [6.07, 6.45) is 1.78. The lowest BCUT2D eigenvalue weighted by Gasteiger charge is -2.10. The summed E-state index contributed by atoms with van der Waals surface area (Å²) in [7, 11) is 1.61. The van der Waals surface area contributed by atoms with Crippen LogP contribution in [0.1, 0.15) is 5.56 Å². The molecule has 3 aromatic rings. The summed E-state index contributed by atoms with van der Waals surface area (Å²) in [5.41, 5.74) is 2.72. The Hall–Kier alpha value is -2.69. The van der Waals surface area contributed by atoms with Crippen molar-refractivity contribution < 1.29 is 9.84 Å². The Labute approximate surface area is 116 Å². The summed E-state index contributed by atoms with van der Waals surface area (Å²) in [6, 6.07) is 11.1. The van der Waals surface area contributed by atoms with E-state index in [0.717, 1.165) is 27.9 Å². The molecule has 0 radical (unpaired) electrons. The van der Waals surface area contributed by atoms with E-state index in [1.54, 1.807) is 25.4 Å². The van der Waals surface area contributed by atoms with Crippen LogP contribution in [-0.4, -0.2) is 22.4 Å². The predicted molar refractivity (Wildman–Crippen MR) is 78.1 cm³/mol. The van der Waals surface area contributed by atoms with E-state index in [9.17, 15) is 5.11 Å². The van der Waals surface area contributed by atoms with Gasteiger partial charge in [-0.2, -0.15) is 5.10 Å². The minimum absolute atomic E-state index is 0.251. The molecule has 0 saturated heterocycles. The van der Waals surface area contributed by atoms with Crippen LogP contribution in [0.15, 0.2) is 42.6 Å². The number of methoxy groups -OCH3 is 1. The van der Waals surface area contributed by atoms with Gasteiger partial charge in [-0.25, -0.2) is 0 Å². The standard InChI is InChI=1S/C15H15N3O2/c1-20-13-4-5-15(19)11(6-13)8-16-12-3-2-10-9-17-18-14(10)7-12/h2-7,9,16,19H,8H2,1H3,(H,17,18). The predicted octanol–water partition coefficient (Wildman–Crippen LogP) is 2.89. The van der Waals surface area contributed by atoms with Crippen molar-refractivity contribution in [1.29, 1.82) is 0 Å². The first kappa shape index (κ1) is 12.3. The van der Waals surface area contributed by atoms with Crippen molar-refractivity contribution in [1.82, 2.24) is 10.2 Å². The van der Waals surface area contributed by atoms with E-state index >= 15 is 0 Å². The molecule has 0 bridgehead atoms. The van der Waals surface area contributed by atoms with Gasteiger partial charge in [0, 0.05) is 23.2 Å². The molecule has 0 amide bonds. The molecule has 0 saturated carbocycles. The van der Waals surface area contributed by atoms with Gasteiger partial charge in [-0.3, -0.25) is 5.10 Å². The topological polar surface area (TPSA) is 70.2 Å². The molecule has 5 nitrogen and oxygen atoms in total. The Kier molecular flexibility index (Phi) is 3.16. The second-order valence-electron chi connectivity index (χ2n) is 4.52. The van der Waals surface area contributed by atoms with Crippen molar-refractivity contribution in [2.45, 2.75) is 6.54 Å². The molecule has 5 heteroatoms. The summed E-state index contributed by atoms with van der Waals surface area (Å²) in [5.74, 6) is 0.976. The second kappa shape index (κ2) is 5.13. The molecular weight excluding hydrogens is 254 g/mol. The number of fused-ring (bicyclic) bond motifs is 1. The smallest absolute Gasteiger partial charge is 0.120 e. The number of hydrogen-bond acceptors (Lipinski definition) is 4. The average Bonchev–Trinajstić information content (AvgIpc) is 2.94. The number of hydrogen-bond donors (Lipinski definition) is 3. The number of nitrogens with zero attached hydrogens (tertiary/aromatic N) is 1. The van der Waals surface area contributed by atoms with Gasteiger partial charge in [0.2, 0.25) is 0 Å². The lowest BCUT2D eigenvalue weighted by atomic mass is 10.1. The average molecular weight is 269 g/mol. The first-order chi connectivity index (χ1) is 9.76. The highest BCUT2D eigenvalue weighted by molar-refractivity contribution is 5.81. The quantitative estimate of drug-likeness (QED) is 0.681. The van der Waals surface area contributed by atoms with Gasteiger partial charge in [0.05, 0.1) is 18.8 Å². The van der Waals surface area contributed by atoms with E-state index in [4.69, 9.17) is 4.74 Å². The van der Waals surface area contributed by atoms with Crippen LogP contribution in [0, 0.1) is 0 Å². The third kappa shape index (κ3) is 2.38. The van der Waals surface area contributed by atoms with Crippen LogP contribution < -0.4 is 10.1 Å². The first-order valence-electron chi connectivity index (χ1n) is 6.29. The molecular formula is C15H15N3O2. The van der Waals surface area contributed by atoms with Gasteiger partial charge in [0.25, 0.3) is 0 Å². The molecule has 2 aromatic carbocycles. The van der Waals surface area contributed by atoms with Crippen LogP contribution in [0.5, 0.6) is 11.5 Å². The van der Waals surface area contributed by atoms with Crippen LogP contribution in [0.4, 0.5) is 5.69 Å². The lowest BCUT2D eigenvalue weighted by molar-refractivity contribution is 0.411. The van der Waals surface area contributed by atoms with Crippen molar-refractivity contribution in [3.8, 4) is 11.5 Å². The third-order valence-electron chi connectivity index (χ3n) is 3.21. The van der Waals surface area contributed by atoms with Crippen LogP contribution in [-0.2, 0) is 6.54 Å². The lowest BCUT2D eigenvalue weighted by Crippen LogP contribution is -2.00. The maximum Gasteiger partial charge on any atom is 0.120 e. The van der Waals surface area contributed by atoms with Gasteiger partial charge < -0.3 is 15.2 Å². The van der Waals surface area contributed by atoms with Crippen molar-refractivity contribution >= 4 is 16.6 Å². The summed E-state index contributed by atoms with van der Waals surface area (Å²) in [6.45, 7) is 0.517. The van der Waals surface area contributed by atoms with Gasteiger partial charge in [-0.05, 0) is 36.4 Å². The fourth-order valence-corrected chi connectivity index (χ4v) is 2.07. The zero-order valence-electron chi connectivity index (χ0n) is 11.1. The highest BCUT2D eigenvalue weighted by atomic mass is 16.5. The maximum atomic E-state index is 9.84. The number of aromatic hydroxyl groups is 1. The Bertz CT molecular complexity index is 737. The summed E-state index contributed by atoms with van der Waals surface area (Å²) >= 11 is 0. The van der Waals surface area contributed by atoms with Crippen LogP contribution in [0.25, 0.3) is 10.9 Å². The Morgan fingerprint density at radius 1 is 1.25 bits per heavy atom. The molecule has 0 unspecified atom stereocenters. The van der Waals surface area contributed by atoms with Gasteiger partial charge in [-0.1, -0.05) is 0 Å². The summed E-state index contributed by atoms with van der Waals surface area (Å²) in [4.78, 5) is 0. The highest BCUT2D eigenvalue weighted by Gasteiger charge is 2.04. The monoisotopic (exact) mass is 269 g/mol. The molecule has 0 spiro atoms. The number of ether oxygens (including phenoxy) is 1. The van der Waals surface area contributed by atoms with Gasteiger partial charge in [0.15, 0.2) is 0 Å². The number of aromatic amines is 1. The molecule has 0 aliphatic rings. The molecule has 1 aromatic heterocycles. The first-order valence-corrected chi connectivity index (χ1v) is 6.29. The SMILES string of the molecule is COc1ccc(O)c(CNc2ccc3cn[nH]c3c2)c1. The zero-order chi connectivity index (χ0) is 13.9. The van der Waals surface area contributed by atoms with Crippen LogP contribution in [0.2, 0.25) is 0 Å². The number of H-pyrrole nitrogens is 1. The van der Waals surface area contributed by atoms with Crippen molar-refractivity contribution in [3.63, 3.8) is 0 Å². The number of phenolic OH excluding ortho intramolecular Hbond substituents is 1. The number of anilines is 1. The number of rotatable bonds is 4. The van der Waals surface area contributed by atoms with Crippen LogP contribution >= 0.6 is 0 Å². The van der Waals surface area contributed by atoms with Crippen molar-refractivity contribution in [2.75, 3.05) is 12.4 Å². The zero-order valence-corrected chi connectivity index (χ0v) is 11.1. The van der Waals surface area contributed by atoms with E-state index in [-0.39, 0.29) is 5.75 Å². The molecule has 102 valence electrons. The molecule has 1 heterocycles. The van der Waals surface area contributed by atoms with Gasteiger partial charge in [-0.15, -0.1) is 0 Å². The molecule has 0 aliphatic carbocycles. The Morgan fingerprint density at radius 3 is 3.00 bits per heavy atom. The van der Waals surface area contributed by atoms with E-state index in [0.29, 0.717) is 6.54 Å². The summed E-state index contributed by atoms with van der Waals surface area (Å²) in [5, 5.41) is 21.1. The number of phenols is 1. The van der Waals surface area contributed by atoms with Crippen molar-refractivity contribution in [3.05, 3.63) is 48.2 Å². The van der Waals surface area contributed by atoms with E-state index in [2.05, 4.69) is 15.5 Å². The van der Waals surface area contributed by atoms with E-state index in [1.807, 2.05) is 24.3 Å². The molecule has 0 atom stereocenters. The number of nitrogens with one attached hydrogen (secondary N) is 2. The Morgan fingerprint density at radius 2 is 2.15 bits per heavy atom. The normalized spacial score (nSPS) is 10.7. The van der Waals surface area contributed by atoms with Gasteiger partial charge in [0.1, 0.15) is 11.5 Å². The highest BCUT2D eigenvalue weighted by Crippen LogP contribution is 2.24. The number of aromatic nitrogens is 2. The minimum atomic E-state index is 0.251. The van der Waals surface area contributed by atoms with Gasteiger partial charge >= 0.3 is 0 Å². The number of benzene rings is 2. The van der Waals surface area contributed by atoms with E-state index in [1.165, 1.54) is 0 Å². The molecule has 0 fully saturated rings. The molecule has 3 N–H and O–H groups in total. The molecule has 0 aliphatic heterocycles. The van der Waals surface area contributed by atoms with Crippen molar-refractivity contribution in [2.24, 2.45) is 0 Å². The minimum Gasteiger partial charge on any atom is -0.508 e. The van der Waals surface area contributed by atoms with E-state index < -0.39 is 0 Å². The fourth-order valence-electron chi connectivity index (χ4n) is 2.07. The molecule has 3 rings (SSSR count). The fraction of sp³-hybridized carbons (Fsp3) is 0.133. The Balaban J connectivity index is 1.78. The summed E-state index contributed by atoms with van der Waals surface area (Å²) < 4.78 is 5.16. The second-order valence-corrected chi connectivity index (χ2v) is 4.52. The third-order valence-corrected chi connectivity index (χ3v) is 3.21.